The molecule has 1 unspecified atom stereocenters. The van der Waals surface area contributed by atoms with Gasteiger partial charge in [0.25, 0.3) is 5.91 Å². The van der Waals surface area contributed by atoms with Crippen LogP contribution in [0.15, 0.2) is 41.9 Å². The Balaban J connectivity index is 1.26. The smallest absolute Gasteiger partial charge is 0.273 e. The van der Waals surface area contributed by atoms with Crippen LogP contribution in [0.3, 0.4) is 0 Å². The van der Waals surface area contributed by atoms with E-state index in [0.717, 1.165) is 35.7 Å². The van der Waals surface area contributed by atoms with Gasteiger partial charge < -0.3 is 10.1 Å². The van der Waals surface area contributed by atoms with E-state index in [2.05, 4.69) is 20.6 Å². The summed E-state index contributed by atoms with van der Waals surface area (Å²) in [6.45, 7) is 1.95. The summed E-state index contributed by atoms with van der Waals surface area (Å²) in [4.78, 5) is 16.9. The highest BCUT2D eigenvalue weighted by Gasteiger charge is 2.18. The Kier molecular flexibility index (Phi) is 5.55. The van der Waals surface area contributed by atoms with E-state index < -0.39 is 0 Å². The maximum Gasteiger partial charge on any atom is 0.273 e. The van der Waals surface area contributed by atoms with Crippen molar-refractivity contribution in [2.24, 2.45) is 0 Å². The van der Waals surface area contributed by atoms with E-state index in [4.69, 9.17) is 4.74 Å². The number of thiazole rings is 1. The molecule has 1 saturated heterocycles. The van der Waals surface area contributed by atoms with Gasteiger partial charge in [0, 0.05) is 30.5 Å². The highest BCUT2D eigenvalue weighted by atomic mass is 32.1. The number of hydrogen-bond donors (Lipinski definition) is 1. The van der Waals surface area contributed by atoms with Crippen LogP contribution in [0, 0.1) is 0 Å². The van der Waals surface area contributed by atoms with Crippen LogP contribution in [0.5, 0.6) is 0 Å². The average molecular weight is 383 g/mol. The van der Waals surface area contributed by atoms with Crippen molar-refractivity contribution in [1.82, 2.24) is 25.3 Å². The lowest BCUT2D eigenvalue weighted by Gasteiger charge is -2.07. The van der Waals surface area contributed by atoms with E-state index in [1.807, 2.05) is 35.7 Å². The van der Waals surface area contributed by atoms with Gasteiger partial charge in [0.05, 0.1) is 29.5 Å². The monoisotopic (exact) mass is 383 g/mol. The fraction of sp³-hybridized carbons (Fsp3) is 0.368. The average Bonchev–Trinajstić information content (AvgIpc) is 3.45. The molecule has 2 aromatic heterocycles. The number of hydrogen-bond acceptors (Lipinski definition) is 6. The number of benzene rings is 1. The van der Waals surface area contributed by atoms with Gasteiger partial charge in [0.15, 0.2) is 5.69 Å². The number of carbonyl (C=O) groups is 1. The molecular weight excluding hydrogens is 362 g/mol. The molecule has 7 nitrogen and oxygen atoms in total. The summed E-state index contributed by atoms with van der Waals surface area (Å²) < 4.78 is 7.26. The molecule has 8 heteroatoms. The van der Waals surface area contributed by atoms with Gasteiger partial charge in [-0.1, -0.05) is 35.5 Å². The topological polar surface area (TPSA) is 81.9 Å². The molecule has 1 atom stereocenters. The van der Waals surface area contributed by atoms with Crippen LogP contribution in [-0.2, 0) is 17.7 Å². The zero-order valence-corrected chi connectivity index (χ0v) is 15.7. The molecule has 1 amide bonds. The Bertz CT molecular complexity index is 886. The number of nitrogens with one attached hydrogen (secondary N) is 1. The van der Waals surface area contributed by atoms with Gasteiger partial charge in [0.2, 0.25) is 0 Å². The SMILES string of the molecule is O=C(NCCc1nc(-c2ccccc2)cs1)c1cn(CC2CCCO2)nn1. The molecule has 0 radical (unpaired) electrons. The van der Waals surface area contributed by atoms with Gasteiger partial charge in [-0.25, -0.2) is 9.67 Å². The summed E-state index contributed by atoms with van der Waals surface area (Å²) in [7, 11) is 0. The quantitative estimate of drug-likeness (QED) is 0.678. The van der Waals surface area contributed by atoms with Gasteiger partial charge >= 0.3 is 0 Å². The number of aromatic nitrogens is 4. The standard InChI is InChI=1S/C19H21N5O2S/c25-19(16-12-24(23-22-16)11-15-7-4-10-26-15)20-9-8-18-21-17(13-27-18)14-5-2-1-3-6-14/h1-3,5-6,12-13,15H,4,7-11H2,(H,20,25). The number of nitrogens with zero attached hydrogens (tertiary/aromatic N) is 4. The number of carbonyl (C=O) groups excluding carboxylic acids is 1. The lowest BCUT2D eigenvalue weighted by molar-refractivity contribution is 0.0930. The Morgan fingerprint density at radius 2 is 2.22 bits per heavy atom. The minimum Gasteiger partial charge on any atom is -0.376 e. The molecule has 1 aromatic carbocycles. The van der Waals surface area contributed by atoms with Crippen molar-refractivity contribution in [2.45, 2.75) is 31.9 Å². The Hall–Kier alpha value is -2.58. The van der Waals surface area contributed by atoms with Crippen LogP contribution >= 0.6 is 11.3 Å². The minimum absolute atomic E-state index is 0.173. The van der Waals surface area contributed by atoms with Crippen molar-refractivity contribution in [1.29, 1.82) is 0 Å². The maximum atomic E-state index is 12.2. The Labute approximate surface area is 161 Å². The van der Waals surface area contributed by atoms with Gasteiger partial charge in [0.1, 0.15) is 0 Å². The van der Waals surface area contributed by atoms with E-state index in [-0.39, 0.29) is 12.0 Å². The second-order valence-electron chi connectivity index (χ2n) is 6.46. The van der Waals surface area contributed by atoms with E-state index in [1.54, 1.807) is 22.2 Å². The van der Waals surface area contributed by atoms with E-state index in [1.165, 1.54) is 0 Å². The van der Waals surface area contributed by atoms with Crippen molar-refractivity contribution in [2.75, 3.05) is 13.2 Å². The van der Waals surface area contributed by atoms with Gasteiger partial charge in [-0.15, -0.1) is 16.4 Å². The first-order valence-electron chi connectivity index (χ1n) is 9.08. The van der Waals surface area contributed by atoms with Gasteiger partial charge in [-0.2, -0.15) is 0 Å². The summed E-state index contributed by atoms with van der Waals surface area (Å²) in [6, 6.07) is 10.1. The normalized spacial score (nSPS) is 16.5. The zero-order chi connectivity index (χ0) is 18.5. The highest BCUT2D eigenvalue weighted by Crippen LogP contribution is 2.21. The highest BCUT2D eigenvalue weighted by molar-refractivity contribution is 7.09. The molecule has 140 valence electrons. The van der Waals surface area contributed by atoms with Gasteiger partial charge in [-0.05, 0) is 12.8 Å². The molecule has 0 spiro atoms. The molecule has 1 N–H and O–H groups in total. The van der Waals surface area contributed by atoms with Crippen molar-refractivity contribution >= 4 is 17.2 Å². The molecule has 27 heavy (non-hydrogen) atoms. The molecular formula is C19H21N5O2S. The molecule has 1 fully saturated rings. The third-order valence-electron chi connectivity index (χ3n) is 4.43. The van der Waals surface area contributed by atoms with E-state index in [0.29, 0.717) is 25.2 Å². The molecule has 3 aromatic rings. The largest absolute Gasteiger partial charge is 0.376 e. The van der Waals surface area contributed by atoms with Crippen LogP contribution < -0.4 is 5.32 Å². The van der Waals surface area contributed by atoms with Crippen molar-refractivity contribution < 1.29 is 9.53 Å². The summed E-state index contributed by atoms with van der Waals surface area (Å²) in [5.74, 6) is -0.214. The lowest BCUT2D eigenvalue weighted by Crippen LogP contribution is -2.26. The zero-order valence-electron chi connectivity index (χ0n) is 14.9. The number of rotatable bonds is 7. The second-order valence-corrected chi connectivity index (χ2v) is 7.40. The summed E-state index contributed by atoms with van der Waals surface area (Å²) in [6.07, 6.45) is 4.64. The predicted octanol–water partition coefficient (Wildman–Crippen LogP) is 2.55. The minimum atomic E-state index is -0.214. The summed E-state index contributed by atoms with van der Waals surface area (Å²) >= 11 is 1.61. The second kappa shape index (κ2) is 8.41. The van der Waals surface area contributed by atoms with Crippen LogP contribution in [0.25, 0.3) is 11.3 Å². The van der Waals surface area contributed by atoms with Gasteiger partial charge in [-0.3, -0.25) is 4.79 Å². The first kappa shape index (κ1) is 17.8. The first-order valence-corrected chi connectivity index (χ1v) is 9.95. The molecule has 0 aliphatic carbocycles. The van der Waals surface area contributed by atoms with Crippen LogP contribution in [0.4, 0.5) is 0 Å². The van der Waals surface area contributed by atoms with Crippen molar-refractivity contribution in [3.63, 3.8) is 0 Å². The van der Waals surface area contributed by atoms with Crippen molar-refractivity contribution in [3.05, 3.63) is 52.6 Å². The molecule has 1 aliphatic rings. The van der Waals surface area contributed by atoms with Crippen molar-refractivity contribution in [3.8, 4) is 11.3 Å². The number of amides is 1. The van der Waals surface area contributed by atoms with E-state index in [9.17, 15) is 4.79 Å². The Morgan fingerprint density at radius 3 is 3.04 bits per heavy atom. The molecule has 4 rings (SSSR count). The Morgan fingerprint density at radius 1 is 1.33 bits per heavy atom. The lowest BCUT2D eigenvalue weighted by atomic mass is 10.2. The molecule has 0 saturated carbocycles. The van der Waals surface area contributed by atoms with Crippen LogP contribution in [0.2, 0.25) is 0 Å². The predicted molar refractivity (Wildman–Crippen MR) is 103 cm³/mol. The van der Waals surface area contributed by atoms with Crippen LogP contribution in [-0.4, -0.2) is 45.1 Å². The summed E-state index contributed by atoms with van der Waals surface area (Å²) in [5.41, 5.74) is 2.41. The fourth-order valence-electron chi connectivity index (χ4n) is 3.03. The maximum absolute atomic E-state index is 12.2. The van der Waals surface area contributed by atoms with Crippen LogP contribution in [0.1, 0.15) is 28.3 Å². The van der Waals surface area contributed by atoms with E-state index >= 15 is 0 Å². The molecule has 3 heterocycles. The number of ether oxygens (including phenoxy) is 1. The summed E-state index contributed by atoms with van der Waals surface area (Å²) in [5, 5.41) is 13.9. The third-order valence-corrected chi connectivity index (χ3v) is 5.34. The third kappa shape index (κ3) is 4.58. The molecule has 0 bridgehead atoms. The molecule has 1 aliphatic heterocycles. The first-order chi connectivity index (χ1) is 13.3. The fourth-order valence-corrected chi connectivity index (χ4v) is 3.84.